The van der Waals surface area contributed by atoms with E-state index in [0.29, 0.717) is 0 Å². The van der Waals surface area contributed by atoms with Crippen LogP contribution in [-0.2, 0) is 4.79 Å². The lowest BCUT2D eigenvalue weighted by molar-refractivity contribution is -0.136. The number of halogens is 1. The van der Waals surface area contributed by atoms with E-state index in [4.69, 9.17) is 5.73 Å². The summed E-state index contributed by atoms with van der Waals surface area (Å²) in [5.74, 6) is -0.655. The van der Waals surface area contributed by atoms with Crippen molar-refractivity contribution in [3.05, 3.63) is 71.5 Å². The predicted molar refractivity (Wildman–Crippen MR) is 90.1 cm³/mol. The van der Waals surface area contributed by atoms with E-state index in [9.17, 15) is 9.18 Å². The smallest absolute Gasteiger partial charge is 0.227 e. The molecule has 4 heteroatoms. The summed E-state index contributed by atoms with van der Waals surface area (Å²) in [6.45, 7) is 3.76. The van der Waals surface area contributed by atoms with Gasteiger partial charge in [-0.3, -0.25) is 4.79 Å². The molecule has 3 atom stereocenters. The molecular formula is C19H23FN2O. The van der Waals surface area contributed by atoms with Crippen molar-refractivity contribution in [1.29, 1.82) is 0 Å². The van der Waals surface area contributed by atoms with E-state index in [2.05, 4.69) is 0 Å². The van der Waals surface area contributed by atoms with Gasteiger partial charge in [0.1, 0.15) is 5.82 Å². The van der Waals surface area contributed by atoms with E-state index in [0.717, 1.165) is 11.1 Å². The Bertz CT molecular complexity index is 642. The summed E-state index contributed by atoms with van der Waals surface area (Å²) in [4.78, 5) is 14.4. The number of benzene rings is 2. The Hall–Kier alpha value is -2.20. The van der Waals surface area contributed by atoms with Crippen LogP contribution >= 0.6 is 0 Å². The van der Waals surface area contributed by atoms with Gasteiger partial charge in [0.25, 0.3) is 0 Å². The minimum absolute atomic E-state index is 0.0295. The average Bonchev–Trinajstić information content (AvgIpc) is 2.60. The molecule has 2 N–H and O–H groups in total. The molecule has 3 nitrogen and oxygen atoms in total. The molecule has 0 bridgehead atoms. The van der Waals surface area contributed by atoms with Crippen LogP contribution in [0.5, 0.6) is 0 Å². The van der Waals surface area contributed by atoms with Gasteiger partial charge in [-0.2, -0.15) is 0 Å². The van der Waals surface area contributed by atoms with Crippen LogP contribution in [0.3, 0.4) is 0 Å². The standard InChI is InChI=1S/C19H23FN2O/c1-13(18(21)16-7-5-4-6-8-16)19(23)22(3)14(2)15-9-11-17(20)12-10-15/h4-14,18H,21H2,1-3H3. The number of hydrogen-bond acceptors (Lipinski definition) is 2. The third kappa shape index (κ3) is 3.96. The van der Waals surface area contributed by atoms with Gasteiger partial charge in [-0.1, -0.05) is 49.4 Å². The normalized spacial score (nSPS) is 14.8. The Morgan fingerprint density at radius 2 is 1.57 bits per heavy atom. The molecule has 0 saturated heterocycles. The molecule has 0 aliphatic rings. The lowest BCUT2D eigenvalue weighted by atomic mass is 9.93. The highest BCUT2D eigenvalue weighted by Crippen LogP contribution is 2.25. The van der Waals surface area contributed by atoms with Crippen molar-refractivity contribution in [2.24, 2.45) is 11.7 Å². The fraction of sp³-hybridized carbons (Fsp3) is 0.316. The van der Waals surface area contributed by atoms with E-state index in [-0.39, 0.29) is 29.7 Å². The zero-order chi connectivity index (χ0) is 17.0. The van der Waals surface area contributed by atoms with Gasteiger partial charge >= 0.3 is 0 Å². The van der Waals surface area contributed by atoms with Gasteiger partial charge in [-0.25, -0.2) is 4.39 Å². The molecule has 0 heterocycles. The lowest BCUT2D eigenvalue weighted by Crippen LogP contribution is -2.38. The van der Waals surface area contributed by atoms with Crippen LogP contribution in [0.15, 0.2) is 54.6 Å². The van der Waals surface area contributed by atoms with Crippen LogP contribution in [0.25, 0.3) is 0 Å². The predicted octanol–water partition coefficient (Wildman–Crippen LogP) is 3.68. The fourth-order valence-electron chi connectivity index (χ4n) is 2.59. The Morgan fingerprint density at radius 1 is 1.00 bits per heavy atom. The third-order valence-electron chi connectivity index (χ3n) is 4.39. The number of carbonyl (C=O) groups is 1. The van der Waals surface area contributed by atoms with E-state index < -0.39 is 0 Å². The van der Waals surface area contributed by atoms with Crippen molar-refractivity contribution in [1.82, 2.24) is 4.90 Å². The number of carbonyl (C=O) groups excluding carboxylic acids is 1. The monoisotopic (exact) mass is 314 g/mol. The third-order valence-corrected chi connectivity index (χ3v) is 4.39. The minimum atomic E-state index is -0.355. The molecule has 1 amide bonds. The minimum Gasteiger partial charge on any atom is -0.339 e. The largest absolute Gasteiger partial charge is 0.339 e. The van der Waals surface area contributed by atoms with Gasteiger partial charge in [-0.15, -0.1) is 0 Å². The van der Waals surface area contributed by atoms with Gasteiger partial charge in [0.2, 0.25) is 5.91 Å². The van der Waals surface area contributed by atoms with Gasteiger partial charge in [0.15, 0.2) is 0 Å². The lowest BCUT2D eigenvalue weighted by Gasteiger charge is -2.30. The maximum atomic E-state index is 13.0. The summed E-state index contributed by atoms with van der Waals surface area (Å²) in [6, 6.07) is 15.3. The molecular weight excluding hydrogens is 291 g/mol. The average molecular weight is 314 g/mol. The molecule has 0 radical (unpaired) electrons. The number of hydrogen-bond donors (Lipinski definition) is 1. The maximum absolute atomic E-state index is 13.0. The molecule has 0 fully saturated rings. The molecule has 0 spiro atoms. The summed E-state index contributed by atoms with van der Waals surface area (Å²) in [7, 11) is 1.75. The molecule has 3 unspecified atom stereocenters. The first kappa shape index (κ1) is 17.2. The summed E-state index contributed by atoms with van der Waals surface area (Å²) < 4.78 is 13.0. The Morgan fingerprint density at radius 3 is 2.13 bits per heavy atom. The van der Waals surface area contributed by atoms with Crippen LogP contribution in [0, 0.1) is 11.7 Å². The first-order chi connectivity index (χ1) is 10.9. The fourth-order valence-corrected chi connectivity index (χ4v) is 2.59. The van der Waals surface area contributed by atoms with Crippen LogP contribution < -0.4 is 5.73 Å². The highest BCUT2D eigenvalue weighted by Gasteiger charge is 2.27. The highest BCUT2D eigenvalue weighted by molar-refractivity contribution is 5.79. The zero-order valence-electron chi connectivity index (χ0n) is 13.7. The zero-order valence-corrected chi connectivity index (χ0v) is 13.7. The topological polar surface area (TPSA) is 46.3 Å². The quantitative estimate of drug-likeness (QED) is 0.915. The summed E-state index contributed by atoms with van der Waals surface area (Å²) in [5, 5.41) is 0. The SMILES string of the molecule is CC(C(=O)N(C)C(C)c1ccc(F)cc1)C(N)c1ccccc1. The van der Waals surface area contributed by atoms with Gasteiger partial charge in [0.05, 0.1) is 12.0 Å². The first-order valence-corrected chi connectivity index (χ1v) is 7.74. The van der Waals surface area contributed by atoms with Crippen LogP contribution in [0.4, 0.5) is 4.39 Å². The van der Waals surface area contributed by atoms with Crippen LogP contribution in [0.1, 0.15) is 37.1 Å². The summed E-state index contributed by atoms with van der Waals surface area (Å²) in [5.41, 5.74) is 8.07. The molecule has 2 rings (SSSR count). The van der Waals surface area contributed by atoms with Crippen molar-refractivity contribution in [2.45, 2.75) is 25.9 Å². The van der Waals surface area contributed by atoms with Crippen LogP contribution in [0.2, 0.25) is 0 Å². The first-order valence-electron chi connectivity index (χ1n) is 7.74. The molecule has 0 saturated carbocycles. The van der Waals surface area contributed by atoms with E-state index >= 15 is 0 Å². The summed E-state index contributed by atoms with van der Waals surface area (Å²) >= 11 is 0. The van der Waals surface area contributed by atoms with Gasteiger partial charge in [-0.05, 0) is 30.2 Å². The number of nitrogens with two attached hydrogens (primary N) is 1. The Labute approximate surface area is 136 Å². The van der Waals surface area contributed by atoms with E-state index in [1.165, 1.54) is 12.1 Å². The van der Waals surface area contributed by atoms with E-state index in [1.807, 2.05) is 44.2 Å². The molecule has 0 aliphatic heterocycles. The molecule has 122 valence electrons. The number of amides is 1. The summed E-state index contributed by atoms with van der Waals surface area (Å²) in [6.07, 6.45) is 0. The second-order valence-corrected chi connectivity index (χ2v) is 5.90. The second kappa shape index (κ2) is 7.38. The number of nitrogens with zero attached hydrogens (tertiary/aromatic N) is 1. The Balaban J connectivity index is 2.10. The van der Waals surface area contributed by atoms with Crippen molar-refractivity contribution < 1.29 is 9.18 Å². The molecule has 2 aromatic carbocycles. The van der Waals surface area contributed by atoms with Crippen molar-refractivity contribution in [3.63, 3.8) is 0 Å². The second-order valence-electron chi connectivity index (χ2n) is 5.90. The maximum Gasteiger partial charge on any atom is 0.227 e. The van der Waals surface area contributed by atoms with E-state index in [1.54, 1.807) is 24.1 Å². The highest BCUT2D eigenvalue weighted by atomic mass is 19.1. The van der Waals surface area contributed by atoms with Crippen molar-refractivity contribution in [3.8, 4) is 0 Å². The van der Waals surface area contributed by atoms with Crippen molar-refractivity contribution in [2.75, 3.05) is 7.05 Å². The Kier molecular flexibility index (Phi) is 5.50. The van der Waals surface area contributed by atoms with Gasteiger partial charge in [0, 0.05) is 13.1 Å². The molecule has 0 aromatic heterocycles. The molecule has 2 aromatic rings. The van der Waals surface area contributed by atoms with Gasteiger partial charge < -0.3 is 10.6 Å². The van der Waals surface area contributed by atoms with Crippen LogP contribution in [-0.4, -0.2) is 17.9 Å². The molecule has 0 aliphatic carbocycles. The number of rotatable bonds is 5. The van der Waals surface area contributed by atoms with Crippen molar-refractivity contribution >= 4 is 5.91 Å². The molecule has 23 heavy (non-hydrogen) atoms.